The van der Waals surface area contributed by atoms with Gasteiger partial charge in [-0.25, -0.2) is 8.42 Å². The van der Waals surface area contributed by atoms with Gasteiger partial charge in [-0.3, -0.25) is 4.79 Å². The summed E-state index contributed by atoms with van der Waals surface area (Å²) in [6.07, 6.45) is 1.13. The van der Waals surface area contributed by atoms with E-state index >= 15 is 0 Å². The molecular weight excluding hydrogens is 384 g/mol. The molecule has 2 aromatic carbocycles. The van der Waals surface area contributed by atoms with E-state index in [1.54, 1.807) is 13.8 Å². The molecule has 0 radical (unpaired) electrons. The minimum atomic E-state index is -3.85. The van der Waals surface area contributed by atoms with Crippen LogP contribution in [-0.2, 0) is 21.2 Å². The van der Waals surface area contributed by atoms with Crippen molar-refractivity contribution in [2.75, 3.05) is 6.54 Å². The lowest BCUT2D eigenvalue weighted by Crippen LogP contribution is -2.48. The maximum atomic E-state index is 13.2. The highest BCUT2D eigenvalue weighted by atomic mass is 32.2. The van der Waals surface area contributed by atoms with Crippen molar-refractivity contribution in [1.82, 2.24) is 10.0 Å². The maximum absolute atomic E-state index is 13.2. The van der Waals surface area contributed by atoms with Crippen molar-refractivity contribution in [3.63, 3.8) is 0 Å². The van der Waals surface area contributed by atoms with Gasteiger partial charge in [-0.2, -0.15) is 4.72 Å². The molecule has 2 N–H and O–H groups in total. The van der Waals surface area contributed by atoms with Gasteiger partial charge in [0, 0.05) is 6.54 Å². The molecule has 29 heavy (non-hydrogen) atoms. The first kappa shape index (κ1) is 23.1. The van der Waals surface area contributed by atoms with E-state index in [0.29, 0.717) is 23.6 Å². The summed E-state index contributed by atoms with van der Waals surface area (Å²) in [5.74, 6) is 0.151. The first-order valence-electron chi connectivity index (χ1n) is 10.0. The summed E-state index contributed by atoms with van der Waals surface area (Å²) in [6.45, 7) is 10.2. The summed E-state index contributed by atoms with van der Waals surface area (Å²) < 4.78 is 29.0. The highest BCUT2D eigenvalue weighted by molar-refractivity contribution is 7.89. The van der Waals surface area contributed by atoms with Crippen LogP contribution in [0.2, 0.25) is 0 Å². The molecule has 1 atom stereocenters. The van der Waals surface area contributed by atoms with Crippen molar-refractivity contribution in [3.8, 4) is 0 Å². The van der Waals surface area contributed by atoms with Gasteiger partial charge >= 0.3 is 0 Å². The Morgan fingerprint density at radius 2 is 1.59 bits per heavy atom. The van der Waals surface area contributed by atoms with E-state index in [4.69, 9.17) is 0 Å². The van der Waals surface area contributed by atoms with E-state index in [9.17, 15) is 13.2 Å². The molecule has 1 amide bonds. The molecule has 158 valence electrons. The van der Waals surface area contributed by atoms with Crippen molar-refractivity contribution in [3.05, 3.63) is 64.7 Å². The zero-order valence-electron chi connectivity index (χ0n) is 18.0. The number of carbonyl (C=O) groups excluding carboxylic acids is 1. The predicted octanol–water partition coefficient (Wildman–Crippen LogP) is 3.66. The van der Waals surface area contributed by atoms with Crippen LogP contribution in [0.3, 0.4) is 0 Å². The first-order valence-corrected chi connectivity index (χ1v) is 11.5. The van der Waals surface area contributed by atoms with Crippen LogP contribution in [0.4, 0.5) is 0 Å². The summed E-state index contributed by atoms with van der Waals surface area (Å²) in [7, 11) is -3.85. The molecule has 2 aromatic rings. The average Bonchev–Trinajstić information content (AvgIpc) is 2.60. The smallest absolute Gasteiger partial charge is 0.241 e. The molecule has 0 aliphatic heterocycles. The SMILES string of the molecule is Cc1cc(C)c(S(=O)(=O)N[C@H](Cc2ccccc2)C(=O)NCCC(C)C)c(C)c1. The van der Waals surface area contributed by atoms with Crippen LogP contribution in [0.25, 0.3) is 0 Å². The molecule has 6 heteroatoms. The van der Waals surface area contributed by atoms with Crippen molar-refractivity contribution in [2.24, 2.45) is 5.92 Å². The molecule has 0 unspecified atom stereocenters. The fourth-order valence-corrected chi connectivity index (χ4v) is 5.13. The van der Waals surface area contributed by atoms with Gasteiger partial charge in [0.25, 0.3) is 0 Å². The molecule has 0 saturated carbocycles. The molecule has 0 spiro atoms. The molecule has 0 bridgehead atoms. The highest BCUT2D eigenvalue weighted by Gasteiger charge is 2.28. The van der Waals surface area contributed by atoms with E-state index in [2.05, 4.69) is 23.9 Å². The number of rotatable bonds is 9. The van der Waals surface area contributed by atoms with Crippen LogP contribution in [0.5, 0.6) is 0 Å². The number of hydrogen-bond donors (Lipinski definition) is 2. The first-order chi connectivity index (χ1) is 13.6. The molecule has 0 saturated heterocycles. The van der Waals surface area contributed by atoms with Gasteiger partial charge < -0.3 is 5.32 Å². The van der Waals surface area contributed by atoms with Crippen molar-refractivity contribution in [2.45, 2.75) is 58.4 Å². The third-order valence-corrected chi connectivity index (χ3v) is 6.57. The number of hydrogen-bond acceptors (Lipinski definition) is 3. The van der Waals surface area contributed by atoms with Crippen molar-refractivity contribution >= 4 is 15.9 Å². The van der Waals surface area contributed by atoms with E-state index in [1.807, 2.05) is 49.4 Å². The normalized spacial score (nSPS) is 12.8. The number of amides is 1. The predicted molar refractivity (Wildman–Crippen MR) is 117 cm³/mol. The fraction of sp³-hybridized carbons (Fsp3) is 0.435. The summed E-state index contributed by atoms with van der Waals surface area (Å²) in [5, 5.41) is 2.88. The van der Waals surface area contributed by atoms with Gasteiger partial charge in [-0.15, -0.1) is 0 Å². The lowest BCUT2D eigenvalue weighted by Gasteiger charge is -2.21. The molecule has 0 aromatic heterocycles. The Morgan fingerprint density at radius 3 is 2.14 bits per heavy atom. The number of carbonyl (C=O) groups is 1. The minimum Gasteiger partial charge on any atom is -0.355 e. The zero-order valence-corrected chi connectivity index (χ0v) is 18.8. The number of sulfonamides is 1. The second kappa shape index (κ2) is 10.0. The van der Waals surface area contributed by atoms with Gasteiger partial charge in [0.2, 0.25) is 15.9 Å². The Balaban J connectivity index is 2.29. The Hall–Kier alpha value is -2.18. The number of nitrogens with one attached hydrogen (secondary N) is 2. The Bertz CT molecular complexity index is 915. The highest BCUT2D eigenvalue weighted by Crippen LogP contribution is 2.22. The lowest BCUT2D eigenvalue weighted by atomic mass is 10.1. The summed E-state index contributed by atoms with van der Waals surface area (Å²) in [6, 6.07) is 12.3. The molecule has 0 aliphatic rings. The topological polar surface area (TPSA) is 75.3 Å². The van der Waals surface area contributed by atoms with Crippen LogP contribution in [-0.4, -0.2) is 26.9 Å². The average molecular weight is 417 g/mol. The molecule has 0 aliphatic carbocycles. The van der Waals surface area contributed by atoms with Crippen LogP contribution < -0.4 is 10.0 Å². The second-order valence-electron chi connectivity index (χ2n) is 8.06. The van der Waals surface area contributed by atoms with E-state index in [-0.39, 0.29) is 17.2 Å². The van der Waals surface area contributed by atoms with Crippen LogP contribution in [0.15, 0.2) is 47.4 Å². The third-order valence-electron chi connectivity index (χ3n) is 4.79. The van der Waals surface area contributed by atoms with Crippen molar-refractivity contribution in [1.29, 1.82) is 0 Å². The van der Waals surface area contributed by atoms with Crippen LogP contribution >= 0.6 is 0 Å². The quantitative estimate of drug-likeness (QED) is 0.655. The van der Waals surface area contributed by atoms with E-state index in [0.717, 1.165) is 17.5 Å². The molecule has 5 nitrogen and oxygen atoms in total. The Kier molecular flexibility index (Phi) is 7.99. The zero-order chi connectivity index (χ0) is 21.6. The van der Waals surface area contributed by atoms with Crippen LogP contribution in [0.1, 0.15) is 42.5 Å². The van der Waals surface area contributed by atoms with Crippen molar-refractivity contribution < 1.29 is 13.2 Å². The summed E-state index contributed by atoms with van der Waals surface area (Å²) in [5.41, 5.74) is 3.25. The fourth-order valence-electron chi connectivity index (χ4n) is 3.48. The Labute approximate surface area is 175 Å². The molecular formula is C23H32N2O3S. The van der Waals surface area contributed by atoms with E-state index < -0.39 is 16.1 Å². The van der Waals surface area contributed by atoms with Gasteiger partial charge in [-0.1, -0.05) is 61.9 Å². The van der Waals surface area contributed by atoms with E-state index in [1.165, 1.54) is 0 Å². The minimum absolute atomic E-state index is 0.246. The van der Waals surface area contributed by atoms with Gasteiger partial charge in [0.1, 0.15) is 6.04 Å². The largest absolute Gasteiger partial charge is 0.355 e. The van der Waals surface area contributed by atoms with Gasteiger partial charge in [0.05, 0.1) is 4.90 Å². The van der Waals surface area contributed by atoms with Gasteiger partial charge in [0.15, 0.2) is 0 Å². The summed E-state index contributed by atoms with van der Waals surface area (Å²) >= 11 is 0. The third kappa shape index (κ3) is 6.68. The molecule has 2 rings (SSSR count). The monoisotopic (exact) mass is 416 g/mol. The molecule has 0 fully saturated rings. The van der Waals surface area contributed by atoms with Crippen LogP contribution in [0, 0.1) is 26.7 Å². The Morgan fingerprint density at radius 1 is 1.00 bits per heavy atom. The van der Waals surface area contributed by atoms with Gasteiger partial charge in [-0.05, 0) is 56.2 Å². The maximum Gasteiger partial charge on any atom is 0.241 e. The number of benzene rings is 2. The summed E-state index contributed by atoms with van der Waals surface area (Å²) in [4.78, 5) is 13.1. The number of aryl methyl sites for hydroxylation is 3. The second-order valence-corrected chi connectivity index (χ2v) is 9.72. The lowest BCUT2D eigenvalue weighted by molar-refractivity contribution is -0.122. The molecule has 0 heterocycles. The standard InChI is InChI=1S/C23H32N2O3S/c1-16(2)11-12-24-23(26)21(15-20-9-7-6-8-10-20)25-29(27,28)22-18(4)13-17(3)14-19(22)5/h6-10,13-14,16,21,25H,11-12,15H2,1-5H3,(H,24,26)/t21-/m1/s1.